The van der Waals surface area contributed by atoms with Gasteiger partial charge in [-0.1, -0.05) is 13.0 Å². The number of rotatable bonds is 5. The summed E-state index contributed by atoms with van der Waals surface area (Å²) in [4.78, 5) is 18.6. The molecule has 0 spiro atoms. The molecule has 0 unspecified atom stereocenters. The molecule has 21 heavy (non-hydrogen) atoms. The normalized spacial score (nSPS) is 12.2. The second-order valence-electron chi connectivity index (χ2n) is 5.11. The standard InChI is InChI=1S/C16H22N4O/c1-5-15(13-8-7-9-17-10-13)19(4)16(21)14-11-20(6-2)18-12(14)3/h7-11,15H,5-6H2,1-4H3/t15-/m1/s1. The Bertz CT molecular complexity index is 606. The minimum Gasteiger partial charge on any atom is -0.335 e. The molecule has 0 N–H and O–H groups in total. The Morgan fingerprint density at radius 3 is 2.71 bits per heavy atom. The van der Waals surface area contributed by atoms with Gasteiger partial charge in [-0.3, -0.25) is 14.5 Å². The highest BCUT2D eigenvalue weighted by Crippen LogP contribution is 2.24. The molecule has 1 atom stereocenters. The smallest absolute Gasteiger partial charge is 0.257 e. The molecule has 1 amide bonds. The Morgan fingerprint density at radius 2 is 2.19 bits per heavy atom. The molecule has 0 fully saturated rings. The molecule has 2 heterocycles. The summed E-state index contributed by atoms with van der Waals surface area (Å²) < 4.78 is 1.79. The number of pyridine rings is 1. The average Bonchev–Trinajstić information content (AvgIpc) is 2.89. The first-order chi connectivity index (χ1) is 10.1. The van der Waals surface area contributed by atoms with Crippen molar-refractivity contribution < 1.29 is 4.79 Å². The summed E-state index contributed by atoms with van der Waals surface area (Å²) in [5.41, 5.74) is 2.49. The highest BCUT2D eigenvalue weighted by Gasteiger charge is 2.24. The van der Waals surface area contributed by atoms with Crippen molar-refractivity contribution in [2.75, 3.05) is 7.05 Å². The third kappa shape index (κ3) is 3.12. The molecule has 0 aliphatic carbocycles. The van der Waals surface area contributed by atoms with Gasteiger partial charge in [0.2, 0.25) is 0 Å². The second-order valence-corrected chi connectivity index (χ2v) is 5.11. The van der Waals surface area contributed by atoms with Crippen LogP contribution in [0.2, 0.25) is 0 Å². The molecule has 0 aliphatic rings. The molecule has 0 bridgehead atoms. The largest absolute Gasteiger partial charge is 0.335 e. The first kappa shape index (κ1) is 15.2. The fourth-order valence-electron chi connectivity index (χ4n) is 2.53. The van der Waals surface area contributed by atoms with Crippen LogP contribution in [-0.4, -0.2) is 32.6 Å². The monoisotopic (exact) mass is 286 g/mol. The van der Waals surface area contributed by atoms with Crippen molar-refractivity contribution in [1.29, 1.82) is 0 Å². The first-order valence-electron chi connectivity index (χ1n) is 7.29. The zero-order valence-corrected chi connectivity index (χ0v) is 13.1. The number of nitrogens with zero attached hydrogens (tertiary/aromatic N) is 4. The minimum absolute atomic E-state index is 0.00269. The lowest BCUT2D eigenvalue weighted by Crippen LogP contribution is -2.31. The van der Waals surface area contributed by atoms with Crippen molar-refractivity contribution in [3.8, 4) is 0 Å². The summed E-state index contributed by atoms with van der Waals surface area (Å²) in [5.74, 6) is 0.00269. The van der Waals surface area contributed by atoms with Crippen molar-refractivity contribution >= 4 is 5.91 Å². The summed E-state index contributed by atoms with van der Waals surface area (Å²) in [6.07, 6.45) is 6.23. The molecule has 0 radical (unpaired) electrons. The maximum Gasteiger partial charge on any atom is 0.257 e. The molecule has 2 aromatic rings. The lowest BCUT2D eigenvalue weighted by molar-refractivity contribution is 0.0725. The van der Waals surface area contributed by atoms with E-state index in [0.717, 1.165) is 24.2 Å². The Kier molecular flexibility index (Phi) is 4.73. The number of hydrogen-bond donors (Lipinski definition) is 0. The molecule has 112 valence electrons. The van der Waals surface area contributed by atoms with Crippen LogP contribution in [0.3, 0.4) is 0 Å². The van der Waals surface area contributed by atoms with Gasteiger partial charge >= 0.3 is 0 Å². The Morgan fingerprint density at radius 1 is 1.43 bits per heavy atom. The molecule has 0 aromatic carbocycles. The van der Waals surface area contributed by atoms with Gasteiger partial charge < -0.3 is 4.90 Å². The van der Waals surface area contributed by atoms with Crippen LogP contribution in [-0.2, 0) is 6.54 Å². The van der Waals surface area contributed by atoms with E-state index in [-0.39, 0.29) is 11.9 Å². The quantitative estimate of drug-likeness (QED) is 0.849. The van der Waals surface area contributed by atoms with E-state index in [9.17, 15) is 4.79 Å². The van der Waals surface area contributed by atoms with Crippen molar-refractivity contribution in [2.24, 2.45) is 0 Å². The number of aromatic nitrogens is 3. The summed E-state index contributed by atoms with van der Waals surface area (Å²) >= 11 is 0. The van der Waals surface area contributed by atoms with Gasteiger partial charge in [0, 0.05) is 32.2 Å². The Labute approximate surface area is 125 Å². The Balaban J connectivity index is 2.26. The van der Waals surface area contributed by atoms with E-state index < -0.39 is 0 Å². The Hall–Kier alpha value is -2.17. The molecule has 5 heteroatoms. The van der Waals surface area contributed by atoms with Crippen LogP contribution in [0.15, 0.2) is 30.7 Å². The highest BCUT2D eigenvalue weighted by atomic mass is 16.2. The zero-order valence-electron chi connectivity index (χ0n) is 13.1. The van der Waals surface area contributed by atoms with Crippen LogP contribution in [0.25, 0.3) is 0 Å². The van der Waals surface area contributed by atoms with Gasteiger partial charge in [0.25, 0.3) is 5.91 Å². The second kappa shape index (κ2) is 6.52. The number of aryl methyl sites for hydroxylation is 2. The third-order valence-electron chi connectivity index (χ3n) is 3.74. The number of carbonyl (C=O) groups excluding carboxylic acids is 1. The lowest BCUT2D eigenvalue weighted by atomic mass is 10.0. The number of hydrogen-bond acceptors (Lipinski definition) is 3. The van der Waals surface area contributed by atoms with E-state index in [2.05, 4.69) is 17.0 Å². The number of carbonyl (C=O) groups is 1. The van der Waals surface area contributed by atoms with Gasteiger partial charge in [-0.2, -0.15) is 5.10 Å². The lowest BCUT2D eigenvalue weighted by Gasteiger charge is -2.27. The summed E-state index contributed by atoms with van der Waals surface area (Å²) in [7, 11) is 1.84. The maximum absolute atomic E-state index is 12.7. The van der Waals surface area contributed by atoms with Crippen molar-refractivity contribution in [2.45, 2.75) is 39.8 Å². The zero-order chi connectivity index (χ0) is 15.4. The van der Waals surface area contributed by atoms with E-state index in [1.54, 1.807) is 15.8 Å². The molecule has 5 nitrogen and oxygen atoms in total. The molecule has 2 rings (SSSR count). The molecule has 0 saturated carbocycles. The molecule has 0 aliphatic heterocycles. The fraction of sp³-hybridized carbons (Fsp3) is 0.438. The van der Waals surface area contributed by atoms with Gasteiger partial charge in [0.15, 0.2) is 0 Å². The van der Waals surface area contributed by atoms with E-state index in [1.165, 1.54) is 0 Å². The van der Waals surface area contributed by atoms with Crippen LogP contribution in [0.5, 0.6) is 0 Å². The topological polar surface area (TPSA) is 51.0 Å². The van der Waals surface area contributed by atoms with E-state index in [4.69, 9.17) is 0 Å². The minimum atomic E-state index is 0.00269. The van der Waals surface area contributed by atoms with Gasteiger partial charge in [0.1, 0.15) is 0 Å². The average molecular weight is 286 g/mol. The predicted octanol–water partition coefficient (Wildman–Crippen LogP) is 2.83. The van der Waals surface area contributed by atoms with Gasteiger partial charge in [-0.15, -0.1) is 0 Å². The SMILES string of the molecule is CC[C@H](c1cccnc1)N(C)C(=O)c1cn(CC)nc1C. The summed E-state index contributed by atoms with van der Waals surface area (Å²) in [5, 5.41) is 4.35. The molecule has 0 saturated heterocycles. The van der Waals surface area contributed by atoms with Crippen LogP contribution < -0.4 is 0 Å². The van der Waals surface area contributed by atoms with Crippen molar-refractivity contribution in [1.82, 2.24) is 19.7 Å². The highest BCUT2D eigenvalue weighted by molar-refractivity contribution is 5.95. The third-order valence-corrected chi connectivity index (χ3v) is 3.74. The molecular weight excluding hydrogens is 264 g/mol. The van der Waals surface area contributed by atoms with Crippen molar-refractivity contribution in [3.63, 3.8) is 0 Å². The predicted molar refractivity (Wildman–Crippen MR) is 82.0 cm³/mol. The van der Waals surface area contributed by atoms with Crippen molar-refractivity contribution in [3.05, 3.63) is 47.5 Å². The van der Waals surface area contributed by atoms with Crippen LogP contribution in [0.1, 0.15) is 47.9 Å². The van der Waals surface area contributed by atoms with E-state index >= 15 is 0 Å². The molecule has 2 aromatic heterocycles. The first-order valence-corrected chi connectivity index (χ1v) is 7.29. The fourth-order valence-corrected chi connectivity index (χ4v) is 2.53. The van der Waals surface area contributed by atoms with Crippen LogP contribution >= 0.6 is 0 Å². The summed E-state index contributed by atoms with van der Waals surface area (Å²) in [6, 6.07) is 3.93. The maximum atomic E-state index is 12.7. The summed E-state index contributed by atoms with van der Waals surface area (Å²) in [6.45, 7) is 6.72. The number of amides is 1. The van der Waals surface area contributed by atoms with Gasteiger partial charge in [-0.25, -0.2) is 0 Å². The van der Waals surface area contributed by atoms with Crippen LogP contribution in [0, 0.1) is 6.92 Å². The van der Waals surface area contributed by atoms with Gasteiger partial charge in [-0.05, 0) is 31.9 Å². The van der Waals surface area contributed by atoms with Gasteiger partial charge in [0.05, 0.1) is 17.3 Å². The van der Waals surface area contributed by atoms with E-state index in [1.807, 2.05) is 45.4 Å². The van der Waals surface area contributed by atoms with E-state index in [0.29, 0.717) is 5.56 Å². The molecular formula is C16H22N4O. The van der Waals surface area contributed by atoms with Crippen LogP contribution in [0.4, 0.5) is 0 Å².